The third-order valence-electron chi connectivity index (χ3n) is 5.10. The molecule has 106 valence electrons. The minimum atomic E-state index is -0.746. The molecule has 5 heteroatoms. The molecule has 3 aliphatic rings. The monoisotopic (exact) mass is 267 g/mol. The first-order chi connectivity index (χ1) is 9.16. The number of hydrogen-bond donors (Lipinski definition) is 2. The van der Waals surface area contributed by atoms with Crippen LogP contribution in [0.15, 0.2) is 0 Å². The quantitative estimate of drug-likeness (QED) is 0.800. The molecule has 2 saturated carbocycles. The van der Waals surface area contributed by atoms with Crippen molar-refractivity contribution in [1.82, 2.24) is 5.32 Å². The Morgan fingerprint density at radius 3 is 2.42 bits per heavy atom. The van der Waals surface area contributed by atoms with Gasteiger partial charge in [0.05, 0.1) is 5.92 Å². The van der Waals surface area contributed by atoms with Gasteiger partial charge in [-0.15, -0.1) is 0 Å². The Morgan fingerprint density at radius 1 is 1.05 bits per heavy atom. The van der Waals surface area contributed by atoms with E-state index in [1.165, 1.54) is 0 Å². The van der Waals surface area contributed by atoms with E-state index in [2.05, 4.69) is 5.32 Å². The topological polar surface area (TPSA) is 75.6 Å². The number of fused-ring (bicyclic) bond motifs is 2. The molecule has 0 aromatic carbocycles. The molecule has 0 spiro atoms. The van der Waals surface area contributed by atoms with Crippen molar-refractivity contribution in [3.8, 4) is 0 Å². The van der Waals surface area contributed by atoms with E-state index in [0.717, 1.165) is 32.1 Å². The lowest BCUT2D eigenvalue weighted by molar-refractivity contribution is -0.145. The van der Waals surface area contributed by atoms with Gasteiger partial charge in [-0.25, -0.2) is 0 Å². The molecule has 1 saturated heterocycles. The zero-order chi connectivity index (χ0) is 13.4. The van der Waals surface area contributed by atoms with Gasteiger partial charge in [-0.1, -0.05) is 0 Å². The molecule has 3 rings (SSSR count). The second-order valence-electron chi connectivity index (χ2n) is 6.12. The van der Waals surface area contributed by atoms with Crippen molar-refractivity contribution < 1.29 is 19.4 Å². The minimum absolute atomic E-state index is 0.00215. The van der Waals surface area contributed by atoms with Crippen LogP contribution in [0.3, 0.4) is 0 Å². The van der Waals surface area contributed by atoms with Crippen molar-refractivity contribution in [3.05, 3.63) is 0 Å². The standard InChI is InChI=1S/C14H21NO4/c16-13(8-3-5-19-6-4-8)15-12-10-2-1-9(7-10)11(12)14(17)18/h8-12H,1-7H2,(H,15,16)(H,17,18). The highest BCUT2D eigenvalue weighted by Crippen LogP contribution is 2.48. The zero-order valence-corrected chi connectivity index (χ0v) is 11.0. The van der Waals surface area contributed by atoms with Crippen molar-refractivity contribution in [1.29, 1.82) is 0 Å². The van der Waals surface area contributed by atoms with Crippen LogP contribution >= 0.6 is 0 Å². The number of ether oxygens (including phenoxy) is 1. The smallest absolute Gasteiger partial charge is 0.308 e. The fourth-order valence-electron chi connectivity index (χ4n) is 4.10. The Morgan fingerprint density at radius 2 is 1.74 bits per heavy atom. The maximum absolute atomic E-state index is 12.2. The van der Waals surface area contributed by atoms with Gasteiger partial charge in [0.2, 0.25) is 5.91 Å². The number of amides is 1. The van der Waals surface area contributed by atoms with Crippen molar-refractivity contribution in [2.45, 2.75) is 38.1 Å². The summed E-state index contributed by atoms with van der Waals surface area (Å²) in [6.07, 6.45) is 4.54. The summed E-state index contributed by atoms with van der Waals surface area (Å²) in [4.78, 5) is 23.6. The second-order valence-corrected chi connectivity index (χ2v) is 6.12. The Kier molecular flexibility index (Phi) is 3.48. The van der Waals surface area contributed by atoms with Crippen LogP contribution in [0.1, 0.15) is 32.1 Å². The molecule has 2 N–H and O–H groups in total. The molecule has 1 amide bonds. The average molecular weight is 267 g/mol. The first-order valence-electron chi connectivity index (χ1n) is 7.27. The molecule has 2 aliphatic carbocycles. The summed E-state index contributed by atoms with van der Waals surface area (Å²) in [6.45, 7) is 1.27. The Balaban J connectivity index is 1.64. The van der Waals surface area contributed by atoms with E-state index in [1.54, 1.807) is 0 Å². The molecule has 4 unspecified atom stereocenters. The van der Waals surface area contributed by atoms with Gasteiger partial charge in [0.1, 0.15) is 0 Å². The predicted molar refractivity (Wildman–Crippen MR) is 67.4 cm³/mol. The molecule has 5 nitrogen and oxygen atoms in total. The summed E-state index contributed by atoms with van der Waals surface area (Å²) in [6, 6.07) is -0.147. The van der Waals surface area contributed by atoms with Crippen LogP contribution < -0.4 is 5.32 Å². The summed E-state index contributed by atoms with van der Waals surface area (Å²) in [7, 11) is 0. The SMILES string of the molecule is O=C(NC1C2CCC(C2)C1C(=O)O)C1CCOCC1. The lowest BCUT2D eigenvalue weighted by Gasteiger charge is -2.31. The van der Waals surface area contributed by atoms with Crippen molar-refractivity contribution >= 4 is 11.9 Å². The molecular weight excluding hydrogens is 246 g/mol. The largest absolute Gasteiger partial charge is 0.481 e. The number of carboxylic acid groups (broad SMARTS) is 1. The van der Waals surface area contributed by atoms with E-state index >= 15 is 0 Å². The number of rotatable bonds is 3. The van der Waals surface area contributed by atoms with Crippen molar-refractivity contribution in [3.63, 3.8) is 0 Å². The van der Waals surface area contributed by atoms with E-state index in [0.29, 0.717) is 19.1 Å². The second kappa shape index (κ2) is 5.12. The number of aliphatic carboxylic acids is 1. The summed E-state index contributed by atoms with van der Waals surface area (Å²) in [5.41, 5.74) is 0. The number of carbonyl (C=O) groups excluding carboxylic acids is 1. The molecule has 0 aromatic rings. The van der Waals surface area contributed by atoms with Gasteiger partial charge in [-0.2, -0.15) is 0 Å². The molecule has 4 atom stereocenters. The summed E-state index contributed by atoms with van der Waals surface area (Å²) in [5, 5.41) is 12.4. The first-order valence-corrected chi connectivity index (χ1v) is 7.27. The normalized spacial score (nSPS) is 38.3. The van der Waals surface area contributed by atoms with Gasteiger partial charge < -0.3 is 15.2 Å². The zero-order valence-electron chi connectivity index (χ0n) is 11.0. The number of hydrogen-bond acceptors (Lipinski definition) is 3. The Labute approximate surface area is 112 Å². The summed E-state index contributed by atoms with van der Waals surface area (Å²) in [5.74, 6) is -0.446. The maximum Gasteiger partial charge on any atom is 0.308 e. The van der Waals surface area contributed by atoms with E-state index in [4.69, 9.17) is 4.74 Å². The number of carbonyl (C=O) groups is 2. The van der Waals surface area contributed by atoms with E-state index in [1.807, 2.05) is 0 Å². The van der Waals surface area contributed by atoms with E-state index < -0.39 is 5.97 Å². The van der Waals surface area contributed by atoms with E-state index in [9.17, 15) is 14.7 Å². The van der Waals surface area contributed by atoms with Crippen LogP contribution in [0.4, 0.5) is 0 Å². The molecule has 1 aliphatic heterocycles. The summed E-state index contributed by atoms with van der Waals surface area (Å²) < 4.78 is 5.25. The molecular formula is C14H21NO4. The predicted octanol–water partition coefficient (Wildman–Crippen LogP) is 1.03. The molecule has 1 heterocycles. The minimum Gasteiger partial charge on any atom is -0.481 e. The van der Waals surface area contributed by atoms with Crippen LogP contribution in [-0.2, 0) is 14.3 Å². The van der Waals surface area contributed by atoms with Gasteiger partial charge >= 0.3 is 5.97 Å². The van der Waals surface area contributed by atoms with Gasteiger partial charge in [0.15, 0.2) is 0 Å². The highest BCUT2D eigenvalue weighted by Gasteiger charge is 2.51. The molecule has 2 bridgehead atoms. The number of carboxylic acids is 1. The third-order valence-corrected chi connectivity index (χ3v) is 5.10. The first kappa shape index (κ1) is 12.9. The highest BCUT2D eigenvalue weighted by molar-refractivity contribution is 5.80. The van der Waals surface area contributed by atoms with E-state index in [-0.39, 0.29) is 29.7 Å². The van der Waals surface area contributed by atoms with Crippen LogP contribution in [0.2, 0.25) is 0 Å². The van der Waals surface area contributed by atoms with Crippen LogP contribution in [-0.4, -0.2) is 36.2 Å². The van der Waals surface area contributed by atoms with Gasteiger partial charge in [0.25, 0.3) is 0 Å². The van der Waals surface area contributed by atoms with Crippen LogP contribution in [0, 0.1) is 23.7 Å². The average Bonchev–Trinajstić information content (AvgIpc) is 3.00. The van der Waals surface area contributed by atoms with Crippen LogP contribution in [0.25, 0.3) is 0 Å². The fourth-order valence-corrected chi connectivity index (χ4v) is 4.10. The number of nitrogens with one attached hydrogen (secondary N) is 1. The summed E-state index contributed by atoms with van der Waals surface area (Å²) >= 11 is 0. The molecule has 19 heavy (non-hydrogen) atoms. The van der Waals surface area contributed by atoms with Crippen LogP contribution in [0.5, 0.6) is 0 Å². The fraction of sp³-hybridized carbons (Fsp3) is 0.857. The highest BCUT2D eigenvalue weighted by atomic mass is 16.5. The van der Waals surface area contributed by atoms with Gasteiger partial charge in [0, 0.05) is 25.2 Å². The van der Waals surface area contributed by atoms with Crippen molar-refractivity contribution in [2.24, 2.45) is 23.7 Å². The van der Waals surface area contributed by atoms with Gasteiger partial charge in [-0.3, -0.25) is 9.59 Å². The lowest BCUT2D eigenvalue weighted by Crippen LogP contribution is -2.49. The van der Waals surface area contributed by atoms with Crippen molar-refractivity contribution in [2.75, 3.05) is 13.2 Å². The third kappa shape index (κ3) is 2.36. The molecule has 3 fully saturated rings. The maximum atomic E-state index is 12.2. The van der Waals surface area contributed by atoms with Gasteiger partial charge in [-0.05, 0) is 43.9 Å². The Hall–Kier alpha value is -1.10. The lowest BCUT2D eigenvalue weighted by atomic mass is 9.84. The Bertz CT molecular complexity index is 378. The molecule has 0 aromatic heterocycles. The molecule has 0 radical (unpaired) electrons.